The summed E-state index contributed by atoms with van der Waals surface area (Å²) in [6.07, 6.45) is 3.23. The third-order valence-corrected chi connectivity index (χ3v) is 3.49. The number of hydrogen-bond acceptors (Lipinski definition) is 4. The molecule has 1 aliphatic heterocycles. The molecule has 1 fully saturated rings. The Morgan fingerprint density at radius 1 is 1.65 bits per heavy atom. The number of hydrogen-bond donors (Lipinski definition) is 2. The van der Waals surface area contributed by atoms with Gasteiger partial charge in [-0.25, -0.2) is 4.79 Å². The molecule has 1 unspecified atom stereocenters. The van der Waals surface area contributed by atoms with Gasteiger partial charge in [0.05, 0.1) is 12.7 Å². The summed E-state index contributed by atoms with van der Waals surface area (Å²) in [5, 5.41) is 12.5. The minimum Gasteiger partial charge on any atom is -0.450 e. The quantitative estimate of drug-likeness (QED) is 0.878. The number of nitriles is 1. The highest BCUT2D eigenvalue weighted by atomic mass is 16.6. The SMILES string of the molecule is CCOC(=O)N1CCC(NC(C#N)c2ccc[nH]2)CC1. The van der Waals surface area contributed by atoms with Gasteiger partial charge in [-0.1, -0.05) is 0 Å². The van der Waals surface area contributed by atoms with Crippen LogP contribution < -0.4 is 5.32 Å². The average Bonchev–Trinajstić information content (AvgIpc) is 2.99. The van der Waals surface area contributed by atoms with Crippen molar-refractivity contribution in [2.24, 2.45) is 0 Å². The lowest BCUT2D eigenvalue weighted by molar-refractivity contribution is 0.0946. The molecule has 1 aromatic heterocycles. The summed E-state index contributed by atoms with van der Waals surface area (Å²) in [6, 6.07) is 5.95. The van der Waals surface area contributed by atoms with Crippen LogP contribution in [0.5, 0.6) is 0 Å². The van der Waals surface area contributed by atoms with Crippen LogP contribution in [0.4, 0.5) is 4.79 Å². The molecule has 2 heterocycles. The number of likely N-dealkylation sites (tertiary alicyclic amines) is 1. The van der Waals surface area contributed by atoms with E-state index < -0.39 is 0 Å². The number of carbonyl (C=O) groups is 1. The van der Waals surface area contributed by atoms with Gasteiger partial charge >= 0.3 is 6.09 Å². The number of amides is 1. The molecule has 0 saturated carbocycles. The molecule has 1 saturated heterocycles. The number of rotatable bonds is 4. The summed E-state index contributed by atoms with van der Waals surface area (Å²) in [6.45, 7) is 3.54. The number of aromatic amines is 1. The Bertz CT molecular complexity index is 458. The zero-order valence-corrected chi connectivity index (χ0v) is 11.6. The van der Waals surface area contributed by atoms with E-state index in [-0.39, 0.29) is 18.2 Å². The van der Waals surface area contributed by atoms with E-state index in [1.54, 1.807) is 11.8 Å². The number of nitrogens with one attached hydrogen (secondary N) is 2. The Morgan fingerprint density at radius 3 is 2.95 bits per heavy atom. The van der Waals surface area contributed by atoms with Crippen LogP contribution in [0.2, 0.25) is 0 Å². The first-order valence-corrected chi connectivity index (χ1v) is 6.95. The Morgan fingerprint density at radius 2 is 2.40 bits per heavy atom. The van der Waals surface area contributed by atoms with Crippen LogP contribution in [0.3, 0.4) is 0 Å². The Labute approximate surface area is 118 Å². The van der Waals surface area contributed by atoms with Crippen molar-refractivity contribution in [3.05, 3.63) is 24.0 Å². The van der Waals surface area contributed by atoms with Crippen molar-refractivity contribution in [3.8, 4) is 6.07 Å². The molecule has 0 bridgehead atoms. The lowest BCUT2D eigenvalue weighted by Gasteiger charge is -2.32. The van der Waals surface area contributed by atoms with Crippen molar-refractivity contribution in [1.82, 2.24) is 15.2 Å². The number of carbonyl (C=O) groups excluding carboxylic acids is 1. The van der Waals surface area contributed by atoms with Crippen LogP contribution in [-0.2, 0) is 4.74 Å². The van der Waals surface area contributed by atoms with Crippen LogP contribution in [0.25, 0.3) is 0 Å². The highest BCUT2D eigenvalue weighted by molar-refractivity contribution is 5.67. The summed E-state index contributed by atoms with van der Waals surface area (Å²) >= 11 is 0. The van der Waals surface area contributed by atoms with Crippen molar-refractivity contribution in [2.45, 2.75) is 31.8 Å². The summed E-state index contributed by atoms with van der Waals surface area (Å²) in [5.74, 6) is 0. The van der Waals surface area contributed by atoms with E-state index in [4.69, 9.17) is 4.74 Å². The number of H-pyrrole nitrogens is 1. The van der Waals surface area contributed by atoms with E-state index in [2.05, 4.69) is 16.4 Å². The van der Waals surface area contributed by atoms with Crippen molar-refractivity contribution >= 4 is 6.09 Å². The van der Waals surface area contributed by atoms with Crippen molar-refractivity contribution in [3.63, 3.8) is 0 Å². The molecule has 0 spiro atoms. The summed E-state index contributed by atoms with van der Waals surface area (Å²) in [4.78, 5) is 16.4. The zero-order valence-electron chi connectivity index (χ0n) is 11.6. The lowest BCUT2D eigenvalue weighted by atomic mass is 10.0. The van der Waals surface area contributed by atoms with E-state index in [0.29, 0.717) is 19.7 Å². The molecular formula is C14H20N4O2. The molecule has 1 aliphatic rings. The third kappa shape index (κ3) is 3.52. The molecule has 108 valence electrons. The van der Waals surface area contributed by atoms with Crippen LogP contribution in [0.15, 0.2) is 18.3 Å². The van der Waals surface area contributed by atoms with Gasteiger partial charge in [-0.05, 0) is 31.9 Å². The number of piperidine rings is 1. The van der Waals surface area contributed by atoms with Gasteiger partial charge in [0.15, 0.2) is 0 Å². The fraction of sp³-hybridized carbons (Fsp3) is 0.571. The van der Waals surface area contributed by atoms with E-state index >= 15 is 0 Å². The largest absolute Gasteiger partial charge is 0.450 e. The molecule has 6 heteroatoms. The van der Waals surface area contributed by atoms with Gasteiger partial charge in [0.25, 0.3) is 0 Å². The van der Waals surface area contributed by atoms with E-state index in [9.17, 15) is 10.1 Å². The fourth-order valence-corrected chi connectivity index (χ4v) is 2.40. The van der Waals surface area contributed by atoms with E-state index in [0.717, 1.165) is 18.5 Å². The molecular weight excluding hydrogens is 256 g/mol. The average molecular weight is 276 g/mol. The Balaban J connectivity index is 1.82. The predicted molar refractivity (Wildman–Crippen MR) is 73.9 cm³/mol. The van der Waals surface area contributed by atoms with Gasteiger partial charge in [-0.15, -0.1) is 0 Å². The maximum Gasteiger partial charge on any atom is 0.409 e. The number of ether oxygens (including phenoxy) is 1. The molecule has 0 aliphatic carbocycles. The third-order valence-electron chi connectivity index (χ3n) is 3.49. The minimum absolute atomic E-state index is 0.243. The van der Waals surface area contributed by atoms with Crippen LogP contribution in [-0.4, -0.2) is 41.7 Å². The zero-order chi connectivity index (χ0) is 14.4. The van der Waals surface area contributed by atoms with Crippen LogP contribution in [0, 0.1) is 11.3 Å². The van der Waals surface area contributed by atoms with Gasteiger partial charge in [-0.3, -0.25) is 5.32 Å². The number of nitrogens with zero attached hydrogens (tertiary/aromatic N) is 2. The van der Waals surface area contributed by atoms with E-state index in [1.807, 2.05) is 18.3 Å². The second kappa shape index (κ2) is 6.96. The Hall–Kier alpha value is -2.00. The second-order valence-corrected chi connectivity index (χ2v) is 4.81. The summed E-state index contributed by atoms with van der Waals surface area (Å²) in [5.41, 5.74) is 0.875. The topological polar surface area (TPSA) is 81.2 Å². The van der Waals surface area contributed by atoms with Crippen molar-refractivity contribution < 1.29 is 9.53 Å². The molecule has 1 atom stereocenters. The Kier molecular flexibility index (Phi) is 5.02. The van der Waals surface area contributed by atoms with Gasteiger partial charge in [0.2, 0.25) is 0 Å². The van der Waals surface area contributed by atoms with Crippen molar-refractivity contribution in [2.75, 3.05) is 19.7 Å². The maximum atomic E-state index is 11.6. The van der Waals surface area contributed by atoms with Crippen molar-refractivity contribution in [1.29, 1.82) is 5.26 Å². The lowest BCUT2D eigenvalue weighted by Crippen LogP contribution is -2.45. The standard InChI is InChI=1S/C14H20N4O2/c1-2-20-14(19)18-8-5-11(6-9-18)17-13(10-15)12-4-3-7-16-12/h3-4,7,11,13,16-17H,2,5-6,8-9H2,1H3. The maximum absolute atomic E-state index is 11.6. The molecule has 2 rings (SSSR count). The first-order valence-electron chi connectivity index (χ1n) is 6.95. The van der Waals surface area contributed by atoms with Crippen LogP contribution >= 0.6 is 0 Å². The molecule has 1 aromatic rings. The fourth-order valence-electron chi connectivity index (χ4n) is 2.40. The van der Waals surface area contributed by atoms with Crippen LogP contribution in [0.1, 0.15) is 31.5 Å². The normalized spacial score (nSPS) is 17.5. The molecule has 6 nitrogen and oxygen atoms in total. The smallest absolute Gasteiger partial charge is 0.409 e. The van der Waals surface area contributed by atoms with E-state index in [1.165, 1.54) is 0 Å². The first kappa shape index (κ1) is 14.4. The highest BCUT2D eigenvalue weighted by Crippen LogP contribution is 2.16. The minimum atomic E-state index is -0.329. The monoisotopic (exact) mass is 276 g/mol. The number of aromatic nitrogens is 1. The summed E-state index contributed by atoms with van der Waals surface area (Å²) < 4.78 is 4.99. The molecule has 20 heavy (non-hydrogen) atoms. The van der Waals surface area contributed by atoms with Gasteiger partial charge in [0, 0.05) is 31.0 Å². The highest BCUT2D eigenvalue weighted by Gasteiger charge is 2.25. The molecule has 2 N–H and O–H groups in total. The van der Waals surface area contributed by atoms with Gasteiger partial charge < -0.3 is 14.6 Å². The predicted octanol–water partition coefficient (Wildman–Crippen LogP) is 1.79. The molecule has 0 radical (unpaired) electrons. The van der Waals surface area contributed by atoms with Gasteiger partial charge in [-0.2, -0.15) is 5.26 Å². The van der Waals surface area contributed by atoms with Gasteiger partial charge in [0.1, 0.15) is 6.04 Å². The summed E-state index contributed by atoms with van der Waals surface area (Å²) in [7, 11) is 0. The molecule has 0 aromatic carbocycles. The molecule has 1 amide bonds. The first-order chi connectivity index (χ1) is 9.74. The second-order valence-electron chi connectivity index (χ2n) is 4.81.